The molecule has 1 fully saturated rings. The lowest BCUT2D eigenvalue weighted by Gasteiger charge is -2.35. The third-order valence-corrected chi connectivity index (χ3v) is 4.93. The van der Waals surface area contributed by atoms with Crippen LogP contribution in [0, 0.1) is 0 Å². The molecular weight excluding hydrogens is 358 g/mol. The first-order chi connectivity index (χ1) is 13.6. The average Bonchev–Trinajstić information content (AvgIpc) is 2.70. The number of piperidine rings is 1. The molecule has 2 rings (SSSR count). The molecular formula is C22H31NO5. The van der Waals surface area contributed by atoms with Gasteiger partial charge in [-0.15, -0.1) is 0 Å². The highest BCUT2D eigenvalue weighted by Gasteiger charge is 2.26. The molecule has 28 heavy (non-hydrogen) atoms. The lowest BCUT2D eigenvalue weighted by molar-refractivity contribution is -0.145. The van der Waals surface area contributed by atoms with Crippen molar-refractivity contribution in [2.24, 2.45) is 0 Å². The van der Waals surface area contributed by atoms with E-state index in [4.69, 9.17) is 4.74 Å². The van der Waals surface area contributed by atoms with Crippen LogP contribution in [0.4, 0.5) is 0 Å². The Hall–Kier alpha value is -2.34. The molecule has 1 aliphatic rings. The average molecular weight is 389 g/mol. The highest BCUT2D eigenvalue weighted by atomic mass is 16.6. The largest absolute Gasteiger partial charge is 0.512 e. The Bertz CT molecular complexity index is 644. The Labute approximate surface area is 167 Å². The molecule has 0 spiro atoms. The van der Waals surface area contributed by atoms with Crippen LogP contribution in [0.15, 0.2) is 42.2 Å². The summed E-state index contributed by atoms with van der Waals surface area (Å²) in [7, 11) is 1.33. The summed E-state index contributed by atoms with van der Waals surface area (Å²) < 4.78 is 9.77. The van der Waals surface area contributed by atoms with E-state index in [1.165, 1.54) is 7.11 Å². The molecule has 1 aromatic rings. The van der Waals surface area contributed by atoms with Gasteiger partial charge in [-0.3, -0.25) is 4.79 Å². The molecule has 1 saturated heterocycles. The van der Waals surface area contributed by atoms with Gasteiger partial charge in [0.15, 0.2) is 0 Å². The maximum Gasteiger partial charge on any atom is 0.331 e. The monoisotopic (exact) mass is 389 g/mol. The van der Waals surface area contributed by atoms with E-state index in [9.17, 15) is 14.7 Å². The topological polar surface area (TPSA) is 76.1 Å². The fourth-order valence-electron chi connectivity index (χ4n) is 3.39. The minimum absolute atomic E-state index is 0.0345. The van der Waals surface area contributed by atoms with Crippen LogP contribution in [0.1, 0.15) is 44.1 Å². The van der Waals surface area contributed by atoms with Crippen LogP contribution in [0.5, 0.6) is 0 Å². The van der Waals surface area contributed by atoms with Gasteiger partial charge >= 0.3 is 5.97 Å². The van der Waals surface area contributed by atoms with Crippen LogP contribution < -0.4 is 0 Å². The third-order valence-electron chi connectivity index (χ3n) is 4.93. The van der Waals surface area contributed by atoms with Crippen molar-refractivity contribution >= 4 is 11.9 Å². The van der Waals surface area contributed by atoms with E-state index in [-0.39, 0.29) is 24.5 Å². The molecule has 0 saturated carbocycles. The Balaban J connectivity index is 1.76. The second kappa shape index (κ2) is 12.2. The number of hydrogen-bond acceptors (Lipinski definition) is 5. The van der Waals surface area contributed by atoms with E-state index in [1.54, 1.807) is 0 Å². The maximum absolute atomic E-state index is 12.3. The quantitative estimate of drug-likeness (QED) is 0.357. The van der Waals surface area contributed by atoms with E-state index in [2.05, 4.69) is 4.74 Å². The van der Waals surface area contributed by atoms with Gasteiger partial charge in [0.2, 0.25) is 5.91 Å². The summed E-state index contributed by atoms with van der Waals surface area (Å²) in [6.07, 6.45) is 7.08. The van der Waals surface area contributed by atoms with Crippen molar-refractivity contribution < 1.29 is 24.2 Å². The van der Waals surface area contributed by atoms with Gasteiger partial charge in [0, 0.05) is 32.0 Å². The highest BCUT2D eigenvalue weighted by Crippen LogP contribution is 2.22. The molecule has 1 aromatic carbocycles. The third kappa shape index (κ3) is 7.72. The van der Waals surface area contributed by atoms with Crippen LogP contribution in [0.25, 0.3) is 0 Å². The predicted molar refractivity (Wildman–Crippen MR) is 107 cm³/mol. The summed E-state index contributed by atoms with van der Waals surface area (Å²) in [5.74, 6) is 0.149. The van der Waals surface area contributed by atoms with E-state index in [0.717, 1.165) is 31.2 Å². The van der Waals surface area contributed by atoms with E-state index >= 15 is 0 Å². The molecule has 1 aliphatic heterocycles. The van der Waals surface area contributed by atoms with Crippen LogP contribution in [0.3, 0.4) is 0 Å². The van der Waals surface area contributed by atoms with Crippen molar-refractivity contribution in [3.8, 4) is 0 Å². The number of methoxy groups -OCH3 is 1. The zero-order valence-corrected chi connectivity index (χ0v) is 16.6. The Kier molecular flexibility index (Phi) is 9.55. The lowest BCUT2D eigenvalue weighted by Crippen LogP contribution is -2.44. The minimum Gasteiger partial charge on any atom is -0.512 e. The van der Waals surface area contributed by atoms with Crippen LogP contribution >= 0.6 is 0 Å². The van der Waals surface area contributed by atoms with Crippen molar-refractivity contribution in [1.82, 2.24) is 4.90 Å². The van der Waals surface area contributed by atoms with Gasteiger partial charge in [0.1, 0.15) is 6.61 Å². The molecule has 154 valence electrons. The van der Waals surface area contributed by atoms with Crippen molar-refractivity contribution in [2.45, 2.75) is 51.0 Å². The molecule has 6 heteroatoms. The lowest BCUT2D eigenvalue weighted by atomic mass is 9.97. The zero-order chi connectivity index (χ0) is 20.2. The molecule has 1 amide bonds. The van der Waals surface area contributed by atoms with E-state index < -0.39 is 0 Å². The van der Waals surface area contributed by atoms with Crippen molar-refractivity contribution in [3.63, 3.8) is 0 Å². The fraction of sp³-hybridized carbons (Fsp3) is 0.545. The number of allylic oxidation sites excluding steroid dienone is 1. The maximum atomic E-state index is 12.3. The predicted octanol–water partition coefficient (Wildman–Crippen LogP) is 3.41. The van der Waals surface area contributed by atoms with Gasteiger partial charge in [0.25, 0.3) is 0 Å². The van der Waals surface area contributed by atoms with Gasteiger partial charge in [-0.1, -0.05) is 30.3 Å². The van der Waals surface area contributed by atoms with Gasteiger partial charge in [-0.05, 0) is 43.7 Å². The molecule has 1 atom stereocenters. The molecule has 1 N–H and O–H groups in total. The van der Waals surface area contributed by atoms with Gasteiger partial charge in [-0.25, -0.2) is 4.79 Å². The molecule has 0 aliphatic carbocycles. The number of rotatable bonds is 11. The van der Waals surface area contributed by atoms with Gasteiger partial charge in [0.05, 0.1) is 12.9 Å². The van der Waals surface area contributed by atoms with Gasteiger partial charge in [-0.2, -0.15) is 0 Å². The summed E-state index contributed by atoms with van der Waals surface area (Å²) in [5.41, 5.74) is 1.07. The number of unbranched alkanes of at least 4 members (excludes halogenated alkanes) is 1. The van der Waals surface area contributed by atoms with Crippen LogP contribution in [-0.4, -0.2) is 54.8 Å². The first-order valence-electron chi connectivity index (χ1n) is 9.96. The molecule has 0 unspecified atom stereocenters. The first-order valence-corrected chi connectivity index (χ1v) is 9.96. The number of aliphatic hydroxyl groups excluding tert-OH is 1. The number of esters is 1. The van der Waals surface area contributed by atoms with E-state index in [0.29, 0.717) is 38.2 Å². The first kappa shape index (κ1) is 22.0. The SMILES string of the molecule is COC(=O)COCCCCN1C(=O)CCC[C@@H]1C/C=C(\O)Cc1ccccc1. The fourth-order valence-corrected chi connectivity index (χ4v) is 3.39. The summed E-state index contributed by atoms with van der Waals surface area (Å²) in [5, 5.41) is 10.2. The number of hydrogen-bond donors (Lipinski definition) is 1. The summed E-state index contributed by atoms with van der Waals surface area (Å²) in [6.45, 7) is 1.12. The molecule has 0 radical (unpaired) electrons. The molecule has 0 bridgehead atoms. The number of carbonyl (C=O) groups excluding carboxylic acids is 2. The molecule has 0 aromatic heterocycles. The number of likely N-dealkylation sites (tertiary alicyclic amines) is 1. The number of amides is 1. The van der Waals surface area contributed by atoms with Crippen LogP contribution in [-0.2, 0) is 25.5 Å². The zero-order valence-electron chi connectivity index (χ0n) is 16.6. The van der Waals surface area contributed by atoms with E-state index in [1.807, 2.05) is 41.3 Å². The summed E-state index contributed by atoms with van der Waals surface area (Å²) in [6, 6.07) is 9.98. The Morgan fingerprint density at radius 1 is 1.29 bits per heavy atom. The number of benzene rings is 1. The number of carbonyl (C=O) groups is 2. The molecule has 1 heterocycles. The van der Waals surface area contributed by atoms with Crippen LogP contribution in [0.2, 0.25) is 0 Å². The normalized spacial score (nSPS) is 17.6. The number of nitrogens with zero attached hydrogens (tertiary/aromatic N) is 1. The summed E-state index contributed by atoms with van der Waals surface area (Å²) >= 11 is 0. The van der Waals surface area contributed by atoms with Gasteiger partial charge < -0.3 is 19.5 Å². The van der Waals surface area contributed by atoms with Crippen molar-refractivity contribution in [1.29, 1.82) is 0 Å². The smallest absolute Gasteiger partial charge is 0.331 e. The molecule has 6 nitrogen and oxygen atoms in total. The number of ether oxygens (including phenoxy) is 2. The number of aliphatic hydroxyl groups is 1. The van der Waals surface area contributed by atoms with Crippen molar-refractivity contribution in [3.05, 3.63) is 47.7 Å². The Morgan fingerprint density at radius 2 is 2.07 bits per heavy atom. The standard InChI is InChI=1S/C22H31NO5/c1-27-22(26)17-28-15-6-5-14-23-19(10-7-11-21(23)25)12-13-20(24)16-18-8-3-2-4-9-18/h2-4,8-9,13,19,24H,5-7,10-12,14-17H2,1H3/b20-13-/t19-/m1/s1. The van der Waals surface area contributed by atoms with Crippen molar-refractivity contribution in [2.75, 3.05) is 26.9 Å². The summed E-state index contributed by atoms with van der Waals surface area (Å²) in [4.78, 5) is 25.3. The highest BCUT2D eigenvalue weighted by molar-refractivity contribution is 5.77. The minimum atomic E-state index is -0.381. The second-order valence-electron chi connectivity index (χ2n) is 7.06. The second-order valence-corrected chi connectivity index (χ2v) is 7.06. The Morgan fingerprint density at radius 3 is 2.82 bits per heavy atom.